The summed E-state index contributed by atoms with van der Waals surface area (Å²) in [5.74, 6) is 1.61. The average molecular weight is 322 g/mol. The van der Waals surface area contributed by atoms with Gasteiger partial charge in [0.25, 0.3) is 0 Å². The molecule has 0 fully saturated rings. The number of rotatable bonds is 3. The van der Waals surface area contributed by atoms with Crippen molar-refractivity contribution in [3.05, 3.63) is 47.7 Å². The maximum Gasteiger partial charge on any atom is 0.141 e. The Morgan fingerprint density at radius 1 is 1.04 bits per heavy atom. The molecule has 2 aromatic carbocycles. The lowest BCUT2D eigenvalue weighted by Gasteiger charge is -2.11. The zero-order valence-electron chi connectivity index (χ0n) is 12.7. The Kier molecular flexibility index (Phi) is 3.31. The van der Waals surface area contributed by atoms with E-state index in [2.05, 4.69) is 26.3 Å². The highest BCUT2D eigenvalue weighted by molar-refractivity contribution is 7.16. The quantitative estimate of drug-likeness (QED) is 0.609. The second kappa shape index (κ2) is 5.48. The lowest BCUT2D eigenvalue weighted by atomic mass is 10.1. The van der Waals surface area contributed by atoms with Crippen LogP contribution in [0.1, 0.15) is 5.56 Å². The first-order chi connectivity index (χ1) is 11.2. The van der Waals surface area contributed by atoms with Gasteiger partial charge in [0, 0.05) is 17.1 Å². The second-order valence-corrected chi connectivity index (χ2v) is 6.11. The summed E-state index contributed by atoms with van der Waals surface area (Å²) in [7, 11) is 1.67. The summed E-state index contributed by atoms with van der Waals surface area (Å²) >= 11 is 1.62. The van der Waals surface area contributed by atoms with Crippen molar-refractivity contribution in [2.75, 3.05) is 12.4 Å². The molecule has 23 heavy (non-hydrogen) atoms. The van der Waals surface area contributed by atoms with Crippen LogP contribution in [0.25, 0.3) is 21.1 Å². The van der Waals surface area contributed by atoms with E-state index in [-0.39, 0.29) is 0 Å². The molecular formula is C17H14N4OS. The molecule has 4 aromatic rings. The molecule has 0 saturated heterocycles. The molecule has 0 unspecified atom stereocenters. The predicted octanol–water partition coefficient (Wildman–Crippen LogP) is 4.30. The monoisotopic (exact) mass is 322 g/mol. The van der Waals surface area contributed by atoms with Gasteiger partial charge in [0.1, 0.15) is 17.9 Å². The topological polar surface area (TPSA) is 59.9 Å². The molecule has 0 bridgehead atoms. The van der Waals surface area contributed by atoms with E-state index < -0.39 is 0 Å². The first-order valence-electron chi connectivity index (χ1n) is 7.14. The van der Waals surface area contributed by atoms with Crippen LogP contribution in [0.5, 0.6) is 5.75 Å². The van der Waals surface area contributed by atoms with E-state index in [1.165, 1.54) is 0 Å². The van der Waals surface area contributed by atoms with Crippen LogP contribution in [-0.2, 0) is 0 Å². The van der Waals surface area contributed by atoms with E-state index in [0.717, 1.165) is 43.9 Å². The second-order valence-electron chi connectivity index (χ2n) is 5.22. The fourth-order valence-electron chi connectivity index (χ4n) is 2.58. The minimum Gasteiger partial charge on any atom is -0.496 e. The van der Waals surface area contributed by atoms with Crippen molar-refractivity contribution in [2.24, 2.45) is 0 Å². The van der Waals surface area contributed by atoms with Crippen molar-refractivity contribution < 1.29 is 4.74 Å². The number of methoxy groups -OCH3 is 1. The third kappa shape index (κ3) is 2.47. The first-order valence-corrected chi connectivity index (χ1v) is 8.02. The minimum absolute atomic E-state index is 0.782. The van der Waals surface area contributed by atoms with Gasteiger partial charge in [-0.05, 0) is 36.8 Å². The number of hydrogen-bond donors (Lipinski definition) is 1. The molecule has 1 N–H and O–H groups in total. The molecule has 6 heteroatoms. The Morgan fingerprint density at radius 2 is 1.96 bits per heavy atom. The number of fused-ring (bicyclic) bond motifs is 2. The van der Waals surface area contributed by atoms with Crippen molar-refractivity contribution in [3.8, 4) is 5.75 Å². The van der Waals surface area contributed by atoms with Crippen LogP contribution in [0.4, 0.5) is 11.5 Å². The number of aromatic nitrogens is 3. The molecule has 4 rings (SSSR count). The fraction of sp³-hybridized carbons (Fsp3) is 0.118. The van der Waals surface area contributed by atoms with Crippen molar-refractivity contribution in [2.45, 2.75) is 6.92 Å². The SMILES string of the molecule is COc1cc2ncnc(Nc3ccc4ncsc4c3)c2cc1C. The molecule has 0 aliphatic heterocycles. The lowest BCUT2D eigenvalue weighted by Crippen LogP contribution is -1.97. The van der Waals surface area contributed by atoms with Gasteiger partial charge in [0.15, 0.2) is 0 Å². The van der Waals surface area contributed by atoms with Gasteiger partial charge in [-0.2, -0.15) is 0 Å². The van der Waals surface area contributed by atoms with E-state index in [0.29, 0.717) is 0 Å². The summed E-state index contributed by atoms with van der Waals surface area (Å²) in [5.41, 5.74) is 5.74. The Labute approximate surface area is 137 Å². The molecule has 0 atom stereocenters. The van der Waals surface area contributed by atoms with E-state index in [1.54, 1.807) is 24.8 Å². The highest BCUT2D eigenvalue weighted by atomic mass is 32.1. The van der Waals surface area contributed by atoms with Crippen LogP contribution in [0.15, 0.2) is 42.2 Å². The molecule has 0 radical (unpaired) electrons. The zero-order valence-corrected chi connectivity index (χ0v) is 13.5. The fourth-order valence-corrected chi connectivity index (χ4v) is 3.30. The predicted molar refractivity (Wildman–Crippen MR) is 93.7 cm³/mol. The van der Waals surface area contributed by atoms with E-state index in [4.69, 9.17) is 4.74 Å². The Hall–Kier alpha value is -2.73. The molecule has 114 valence electrons. The number of thiazole rings is 1. The van der Waals surface area contributed by atoms with Gasteiger partial charge >= 0.3 is 0 Å². The first kappa shape index (κ1) is 13.9. The van der Waals surface area contributed by atoms with Crippen LogP contribution in [-0.4, -0.2) is 22.1 Å². The van der Waals surface area contributed by atoms with Crippen LogP contribution in [0.3, 0.4) is 0 Å². The maximum absolute atomic E-state index is 5.36. The van der Waals surface area contributed by atoms with E-state index >= 15 is 0 Å². The average Bonchev–Trinajstić information content (AvgIpc) is 3.02. The number of anilines is 2. The smallest absolute Gasteiger partial charge is 0.141 e. The summed E-state index contributed by atoms with van der Waals surface area (Å²) in [6, 6.07) is 10.1. The van der Waals surface area contributed by atoms with Gasteiger partial charge in [0.05, 0.1) is 28.4 Å². The number of hydrogen-bond acceptors (Lipinski definition) is 6. The van der Waals surface area contributed by atoms with Gasteiger partial charge in [-0.25, -0.2) is 15.0 Å². The van der Waals surface area contributed by atoms with Crippen molar-refractivity contribution in [1.29, 1.82) is 0 Å². The summed E-state index contributed by atoms with van der Waals surface area (Å²) in [4.78, 5) is 13.0. The summed E-state index contributed by atoms with van der Waals surface area (Å²) in [5, 5.41) is 4.35. The molecule has 0 amide bonds. The number of benzene rings is 2. The van der Waals surface area contributed by atoms with Crippen LogP contribution in [0, 0.1) is 6.92 Å². The summed E-state index contributed by atoms with van der Waals surface area (Å²) in [6.45, 7) is 2.01. The molecular weight excluding hydrogens is 308 g/mol. The number of aryl methyl sites for hydroxylation is 1. The van der Waals surface area contributed by atoms with Gasteiger partial charge in [0.2, 0.25) is 0 Å². The molecule has 2 aromatic heterocycles. The Bertz CT molecular complexity index is 1010. The highest BCUT2D eigenvalue weighted by Crippen LogP contribution is 2.30. The van der Waals surface area contributed by atoms with Crippen molar-refractivity contribution in [3.63, 3.8) is 0 Å². The molecule has 0 saturated carbocycles. The zero-order chi connectivity index (χ0) is 15.8. The van der Waals surface area contributed by atoms with Crippen LogP contribution in [0.2, 0.25) is 0 Å². The minimum atomic E-state index is 0.782. The van der Waals surface area contributed by atoms with Crippen LogP contribution >= 0.6 is 11.3 Å². The third-order valence-corrected chi connectivity index (χ3v) is 4.54. The van der Waals surface area contributed by atoms with E-state index in [9.17, 15) is 0 Å². The van der Waals surface area contributed by atoms with E-state index in [1.807, 2.05) is 36.7 Å². The number of ether oxygens (including phenoxy) is 1. The van der Waals surface area contributed by atoms with Gasteiger partial charge in [-0.1, -0.05) is 0 Å². The standard InChI is InChI=1S/C17H14N4OS/c1-10-5-12-14(7-15(10)22-2)18-8-19-17(12)21-11-3-4-13-16(6-11)23-9-20-13/h3-9H,1-2H3,(H,18,19,21). The largest absolute Gasteiger partial charge is 0.496 e. The third-order valence-electron chi connectivity index (χ3n) is 3.75. The molecule has 0 aliphatic carbocycles. The Balaban J connectivity index is 1.80. The Morgan fingerprint density at radius 3 is 2.83 bits per heavy atom. The van der Waals surface area contributed by atoms with Crippen molar-refractivity contribution in [1.82, 2.24) is 15.0 Å². The van der Waals surface area contributed by atoms with Gasteiger partial charge in [-0.15, -0.1) is 11.3 Å². The number of nitrogens with one attached hydrogen (secondary N) is 1. The molecule has 2 heterocycles. The molecule has 0 aliphatic rings. The lowest BCUT2D eigenvalue weighted by molar-refractivity contribution is 0.412. The summed E-state index contributed by atoms with van der Waals surface area (Å²) < 4.78 is 6.51. The molecule has 0 spiro atoms. The van der Waals surface area contributed by atoms with Crippen molar-refractivity contribution >= 4 is 44.0 Å². The molecule has 5 nitrogen and oxygen atoms in total. The normalized spacial score (nSPS) is 11.0. The maximum atomic E-state index is 5.36. The number of nitrogens with zero attached hydrogens (tertiary/aromatic N) is 3. The van der Waals surface area contributed by atoms with Gasteiger partial charge in [-0.3, -0.25) is 0 Å². The van der Waals surface area contributed by atoms with Crippen LogP contribution < -0.4 is 10.1 Å². The summed E-state index contributed by atoms with van der Waals surface area (Å²) in [6.07, 6.45) is 1.56. The highest BCUT2D eigenvalue weighted by Gasteiger charge is 2.09. The van der Waals surface area contributed by atoms with Gasteiger partial charge < -0.3 is 10.1 Å².